The maximum atomic E-state index is 9.46. The van der Waals surface area contributed by atoms with E-state index in [0.29, 0.717) is 5.75 Å². The monoisotopic (exact) mass is 196 g/mol. The van der Waals surface area contributed by atoms with Crippen molar-refractivity contribution in [1.82, 2.24) is 0 Å². The molecule has 0 fully saturated rings. The van der Waals surface area contributed by atoms with Crippen molar-refractivity contribution >= 4 is 11.8 Å². The van der Waals surface area contributed by atoms with E-state index in [1.165, 1.54) is 0 Å². The number of aromatic hydroxyl groups is 1. The molecule has 1 nitrogen and oxygen atoms in total. The number of phenolic OH excluding ortho intramolecular Hbond substituents is 1. The molecule has 1 aromatic rings. The van der Waals surface area contributed by atoms with Crippen molar-refractivity contribution < 1.29 is 5.11 Å². The number of hydrogen-bond acceptors (Lipinski definition) is 2. The number of thioether (sulfide) groups is 1. The summed E-state index contributed by atoms with van der Waals surface area (Å²) in [6.07, 6.45) is 0. The van der Waals surface area contributed by atoms with Crippen molar-refractivity contribution in [3.63, 3.8) is 0 Å². The van der Waals surface area contributed by atoms with Gasteiger partial charge in [0, 0.05) is 11.3 Å². The van der Waals surface area contributed by atoms with E-state index in [1.807, 2.05) is 30.0 Å². The van der Waals surface area contributed by atoms with E-state index in [0.717, 1.165) is 23.0 Å². The third-order valence-corrected chi connectivity index (χ3v) is 3.12. The molecule has 0 spiro atoms. The average molecular weight is 196 g/mol. The highest BCUT2D eigenvalue weighted by Gasteiger charge is 2.00. The molecule has 1 rings (SSSR count). The Morgan fingerprint density at radius 2 is 2.00 bits per heavy atom. The van der Waals surface area contributed by atoms with Crippen molar-refractivity contribution in [3.05, 3.63) is 29.8 Å². The lowest BCUT2D eigenvalue weighted by Crippen LogP contribution is -1.91. The molecule has 13 heavy (non-hydrogen) atoms. The van der Waals surface area contributed by atoms with Crippen molar-refractivity contribution in [3.8, 4) is 5.75 Å². The molecule has 0 amide bonds. The van der Waals surface area contributed by atoms with Crippen molar-refractivity contribution in [2.45, 2.75) is 19.6 Å². The summed E-state index contributed by atoms with van der Waals surface area (Å²) >= 11 is 1.87. The van der Waals surface area contributed by atoms with Gasteiger partial charge < -0.3 is 5.11 Å². The molecule has 0 saturated heterocycles. The Kier molecular flexibility index (Phi) is 4.16. The van der Waals surface area contributed by atoms with Gasteiger partial charge in [0.05, 0.1) is 0 Å². The van der Waals surface area contributed by atoms with Gasteiger partial charge in [0.15, 0.2) is 0 Å². The van der Waals surface area contributed by atoms with Crippen LogP contribution in [0.5, 0.6) is 5.75 Å². The fraction of sp³-hybridized carbons (Fsp3) is 0.455. The molecule has 0 aliphatic carbocycles. The first kappa shape index (κ1) is 10.5. The maximum absolute atomic E-state index is 9.46. The van der Waals surface area contributed by atoms with Crippen molar-refractivity contribution in [2.24, 2.45) is 5.92 Å². The van der Waals surface area contributed by atoms with Gasteiger partial charge in [-0.15, -0.1) is 0 Å². The minimum Gasteiger partial charge on any atom is -0.508 e. The molecule has 1 N–H and O–H groups in total. The molecule has 72 valence electrons. The zero-order valence-electron chi connectivity index (χ0n) is 8.16. The Labute approximate surface area is 84.2 Å². The van der Waals surface area contributed by atoms with Crippen LogP contribution in [-0.4, -0.2) is 10.9 Å². The first-order valence-corrected chi connectivity index (χ1v) is 5.70. The zero-order valence-corrected chi connectivity index (χ0v) is 8.97. The van der Waals surface area contributed by atoms with Crippen LogP contribution in [0.3, 0.4) is 0 Å². The van der Waals surface area contributed by atoms with E-state index in [2.05, 4.69) is 13.8 Å². The smallest absolute Gasteiger partial charge is 0.119 e. The number of hydrogen-bond donors (Lipinski definition) is 1. The summed E-state index contributed by atoms with van der Waals surface area (Å²) in [5.74, 6) is 3.19. The van der Waals surface area contributed by atoms with E-state index in [9.17, 15) is 5.11 Å². The number of para-hydroxylation sites is 1. The fourth-order valence-corrected chi connectivity index (χ4v) is 2.09. The molecular formula is C11H16OS. The Hall–Kier alpha value is -0.630. The van der Waals surface area contributed by atoms with Gasteiger partial charge in [-0.05, 0) is 17.7 Å². The second-order valence-corrected chi connectivity index (χ2v) is 4.57. The molecule has 1 aromatic carbocycles. The topological polar surface area (TPSA) is 20.2 Å². The maximum Gasteiger partial charge on any atom is 0.119 e. The average Bonchev–Trinajstić information content (AvgIpc) is 2.08. The molecular weight excluding hydrogens is 180 g/mol. The van der Waals surface area contributed by atoms with Crippen LogP contribution < -0.4 is 0 Å². The fourth-order valence-electron chi connectivity index (χ4n) is 1.04. The minimum atomic E-state index is 0.416. The molecule has 0 atom stereocenters. The standard InChI is InChI=1S/C11H16OS/c1-9(2)7-13-8-10-5-3-4-6-11(10)12/h3-6,9,12H,7-8H2,1-2H3. The van der Waals surface area contributed by atoms with Crippen LogP contribution in [-0.2, 0) is 5.75 Å². The van der Waals surface area contributed by atoms with Gasteiger partial charge in [0.2, 0.25) is 0 Å². The van der Waals surface area contributed by atoms with E-state index in [4.69, 9.17) is 0 Å². The molecule has 0 aliphatic rings. The normalized spacial score (nSPS) is 10.7. The van der Waals surface area contributed by atoms with Crippen LogP contribution in [0.1, 0.15) is 19.4 Å². The van der Waals surface area contributed by atoms with Gasteiger partial charge in [-0.2, -0.15) is 11.8 Å². The molecule has 0 heterocycles. The Bertz CT molecular complexity index is 258. The second-order valence-electron chi connectivity index (χ2n) is 3.54. The number of phenols is 1. The lowest BCUT2D eigenvalue weighted by molar-refractivity contribution is 0.470. The lowest BCUT2D eigenvalue weighted by atomic mass is 10.2. The van der Waals surface area contributed by atoms with Gasteiger partial charge in [-0.25, -0.2) is 0 Å². The van der Waals surface area contributed by atoms with Crippen molar-refractivity contribution in [1.29, 1.82) is 0 Å². The summed E-state index contributed by atoms with van der Waals surface area (Å²) in [5.41, 5.74) is 1.04. The Balaban J connectivity index is 2.41. The third-order valence-electron chi connectivity index (χ3n) is 1.70. The van der Waals surface area contributed by atoms with Crippen LogP contribution in [0.4, 0.5) is 0 Å². The van der Waals surface area contributed by atoms with Gasteiger partial charge in [-0.3, -0.25) is 0 Å². The van der Waals surface area contributed by atoms with Gasteiger partial charge in [-0.1, -0.05) is 32.0 Å². The van der Waals surface area contributed by atoms with E-state index < -0.39 is 0 Å². The van der Waals surface area contributed by atoms with Crippen LogP contribution in [0.2, 0.25) is 0 Å². The van der Waals surface area contributed by atoms with Gasteiger partial charge in [0.1, 0.15) is 5.75 Å². The highest BCUT2D eigenvalue weighted by Crippen LogP contribution is 2.22. The highest BCUT2D eigenvalue weighted by molar-refractivity contribution is 7.98. The summed E-state index contributed by atoms with van der Waals surface area (Å²) in [4.78, 5) is 0. The Morgan fingerprint density at radius 3 is 2.62 bits per heavy atom. The number of benzene rings is 1. The first-order valence-electron chi connectivity index (χ1n) is 4.54. The number of rotatable bonds is 4. The molecule has 0 unspecified atom stereocenters. The second kappa shape index (κ2) is 5.18. The highest BCUT2D eigenvalue weighted by atomic mass is 32.2. The predicted molar refractivity (Wildman–Crippen MR) is 59.1 cm³/mol. The summed E-state index contributed by atoms with van der Waals surface area (Å²) in [6.45, 7) is 4.41. The van der Waals surface area contributed by atoms with E-state index in [1.54, 1.807) is 6.07 Å². The molecule has 2 heteroatoms. The molecule has 0 radical (unpaired) electrons. The van der Waals surface area contributed by atoms with E-state index in [-0.39, 0.29) is 0 Å². The molecule has 0 aromatic heterocycles. The lowest BCUT2D eigenvalue weighted by Gasteiger charge is -2.05. The molecule has 0 aliphatic heterocycles. The first-order chi connectivity index (χ1) is 6.20. The van der Waals surface area contributed by atoms with Gasteiger partial charge >= 0.3 is 0 Å². The summed E-state index contributed by atoms with van der Waals surface area (Å²) in [5, 5.41) is 9.46. The molecule has 0 bridgehead atoms. The van der Waals surface area contributed by atoms with Gasteiger partial charge in [0.25, 0.3) is 0 Å². The largest absolute Gasteiger partial charge is 0.508 e. The van der Waals surface area contributed by atoms with Crippen LogP contribution in [0.15, 0.2) is 24.3 Å². The zero-order chi connectivity index (χ0) is 9.68. The quantitative estimate of drug-likeness (QED) is 0.797. The van der Waals surface area contributed by atoms with Crippen LogP contribution >= 0.6 is 11.8 Å². The predicted octanol–water partition coefficient (Wildman–Crippen LogP) is 3.28. The third kappa shape index (κ3) is 3.73. The van der Waals surface area contributed by atoms with Crippen LogP contribution in [0, 0.1) is 5.92 Å². The minimum absolute atomic E-state index is 0.416. The van der Waals surface area contributed by atoms with Crippen LogP contribution in [0.25, 0.3) is 0 Å². The molecule has 0 saturated carbocycles. The SMILES string of the molecule is CC(C)CSCc1ccccc1O. The summed E-state index contributed by atoms with van der Waals surface area (Å²) < 4.78 is 0. The van der Waals surface area contributed by atoms with Crippen molar-refractivity contribution in [2.75, 3.05) is 5.75 Å². The Morgan fingerprint density at radius 1 is 1.31 bits per heavy atom. The van der Waals surface area contributed by atoms with E-state index >= 15 is 0 Å². The summed E-state index contributed by atoms with van der Waals surface area (Å²) in [6, 6.07) is 7.53. The summed E-state index contributed by atoms with van der Waals surface area (Å²) in [7, 11) is 0.